The summed E-state index contributed by atoms with van der Waals surface area (Å²) < 4.78 is 5.77. The van der Waals surface area contributed by atoms with Gasteiger partial charge in [0.2, 0.25) is 0 Å². The van der Waals surface area contributed by atoms with Crippen molar-refractivity contribution >= 4 is 27.6 Å². The molecule has 0 N–H and O–H groups in total. The van der Waals surface area contributed by atoms with E-state index in [9.17, 15) is 0 Å². The van der Waals surface area contributed by atoms with E-state index in [1.165, 1.54) is 37.2 Å². The molecule has 0 amide bonds. The number of benzene rings is 1. The average Bonchev–Trinajstić information content (AvgIpc) is 2.82. The number of nitrogens with zero attached hydrogens (tertiary/aromatic N) is 4. The molecule has 112 valence electrons. The molecule has 1 fully saturated rings. The Labute approximate surface area is 134 Å². The number of anilines is 1. The van der Waals surface area contributed by atoms with Gasteiger partial charge in [-0.3, -0.25) is 0 Å². The first kappa shape index (κ1) is 13.6. The van der Waals surface area contributed by atoms with Gasteiger partial charge in [-0.2, -0.15) is 4.37 Å². The van der Waals surface area contributed by atoms with Gasteiger partial charge in [-0.05, 0) is 24.4 Å². The van der Waals surface area contributed by atoms with Gasteiger partial charge >= 0.3 is 0 Å². The monoisotopic (exact) mass is 310 g/mol. The minimum Gasteiger partial charge on any atom is -0.355 e. The summed E-state index contributed by atoms with van der Waals surface area (Å²) >= 11 is 1.52. The van der Waals surface area contributed by atoms with E-state index in [1.54, 1.807) is 6.33 Å². The van der Waals surface area contributed by atoms with Gasteiger partial charge in [-0.25, -0.2) is 9.97 Å². The zero-order valence-electron chi connectivity index (χ0n) is 12.4. The van der Waals surface area contributed by atoms with Gasteiger partial charge in [0.15, 0.2) is 5.82 Å². The van der Waals surface area contributed by atoms with Crippen LogP contribution in [0.25, 0.3) is 21.5 Å². The maximum atomic E-state index is 4.66. The summed E-state index contributed by atoms with van der Waals surface area (Å²) in [6.45, 7) is 2.18. The van der Waals surface area contributed by atoms with Crippen LogP contribution < -0.4 is 4.90 Å². The zero-order chi connectivity index (χ0) is 14.8. The Morgan fingerprint density at radius 1 is 0.909 bits per heavy atom. The van der Waals surface area contributed by atoms with Gasteiger partial charge in [0, 0.05) is 18.7 Å². The third-order valence-corrected chi connectivity index (χ3v) is 5.02. The first-order chi connectivity index (χ1) is 10.9. The Morgan fingerprint density at radius 3 is 2.45 bits per heavy atom. The van der Waals surface area contributed by atoms with Gasteiger partial charge in [-0.1, -0.05) is 43.2 Å². The second-order valence-electron chi connectivity index (χ2n) is 5.67. The minimum atomic E-state index is 0.971. The van der Waals surface area contributed by atoms with Crippen LogP contribution in [0.1, 0.15) is 25.7 Å². The Kier molecular flexibility index (Phi) is 3.72. The molecule has 1 aliphatic rings. The van der Waals surface area contributed by atoms with E-state index in [2.05, 4.69) is 31.4 Å². The molecule has 3 aromatic rings. The molecule has 1 saturated heterocycles. The Bertz CT molecular complexity index is 761. The minimum absolute atomic E-state index is 0.971. The lowest BCUT2D eigenvalue weighted by atomic mass is 10.1. The number of rotatable bonds is 2. The van der Waals surface area contributed by atoms with E-state index in [-0.39, 0.29) is 0 Å². The Hall–Kier alpha value is -2.01. The molecular weight excluding hydrogens is 292 g/mol. The number of aromatic nitrogens is 3. The molecule has 5 heteroatoms. The van der Waals surface area contributed by atoms with Crippen LogP contribution >= 0.6 is 11.5 Å². The third-order valence-electron chi connectivity index (χ3n) is 4.19. The second kappa shape index (κ2) is 6.01. The van der Waals surface area contributed by atoms with E-state index < -0.39 is 0 Å². The van der Waals surface area contributed by atoms with Crippen molar-refractivity contribution in [2.45, 2.75) is 25.7 Å². The van der Waals surface area contributed by atoms with Crippen LogP contribution in [0.5, 0.6) is 0 Å². The summed E-state index contributed by atoms with van der Waals surface area (Å²) in [5.74, 6) is 1.06. The summed E-state index contributed by atoms with van der Waals surface area (Å²) in [5.41, 5.74) is 3.07. The van der Waals surface area contributed by atoms with Crippen molar-refractivity contribution in [1.82, 2.24) is 14.3 Å². The molecule has 4 nitrogen and oxygen atoms in total. The molecule has 4 rings (SSSR count). The fraction of sp³-hybridized carbons (Fsp3) is 0.353. The van der Waals surface area contributed by atoms with Crippen LogP contribution in [0.15, 0.2) is 36.7 Å². The van der Waals surface area contributed by atoms with Gasteiger partial charge < -0.3 is 4.90 Å². The molecule has 0 aliphatic carbocycles. The van der Waals surface area contributed by atoms with E-state index in [1.807, 2.05) is 18.2 Å². The number of hydrogen-bond acceptors (Lipinski definition) is 5. The van der Waals surface area contributed by atoms with Crippen molar-refractivity contribution in [3.8, 4) is 11.3 Å². The van der Waals surface area contributed by atoms with Crippen LogP contribution in [0.2, 0.25) is 0 Å². The van der Waals surface area contributed by atoms with Crippen molar-refractivity contribution in [3.05, 3.63) is 36.7 Å². The smallest absolute Gasteiger partial charge is 0.151 e. The van der Waals surface area contributed by atoms with Crippen LogP contribution in [0.4, 0.5) is 5.82 Å². The summed E-state index contributed by atoms with van der Waals surface area (Å²) in [7, 11) is 0. The fourth-order valence-electron chi connectivity index (χ4n) is 3.04. The average molecular weight is 310 g/mol. The molecule has 0 radical (unpaired) electrons. The molecule has 0 spiro atoms. The van der Waals surface area contributed by atoms with Gasteiger partial charge in [0.25, 0.3) is 0 Å². The molecule has 0 saturated carbocycles. The summed E-state index contributed by atoms with van der Waals surface area (Å²) in [5, 5.41) is 0. The molecule has 0 atom stereocenters. The van der Waals surface area contributed by atoms with E-state index in [0.717, 1.165) is 40.4 Å². The van der Waals surface area contributed by atoms with Crippen LogP contribution in [0.3, 0.4) is 0 Å². The summed E-state index contributed by atoms with van der Waals surface area (Å²) in [6, 6.07) is 10.3. The van der Waals surface area contributed by atoms with E-state index >= 15 is 0 Å². The highest BCUT2D eigenvalue weighted by molar-refractivity contribution is 7.14. The standard InChI is InChI=1S/C17H18N4S/c1-2-7-11-21(10-6-1)17-16-15(18-12-19-17)14(20-22-16)13-8-4-3-5-9-13/h3-5,8-9,12H,1-2,6-7,10-11H2. The normalized spacial score (nSPS) is 15.9. The third kappa shape index (κ3) is 2.46. The quantitative estimate of drug-likeness (QED) is 0.713. The maximum absolute atomic E-state index is 4.66. The SMILES string of the molecule is c1ccc(-c2nsc3c(N4CCCCCC4)ncnc23)cc1. The Balaban J connectivity index is 1.80. The lowest BCUT2D eigenvalue weighted by molar-refractivity contribution is 0.726. The summed E-state index contributed by atoms with van der Waals surface area (Å²) in [6.07, 6.45) is 6.82. The highest BCUT2D eigenvalue weighted by Crippen LogP contribution is 2.34. The highest BCUT2D eigenvalue weighted by Gasteiger charge is 2.18. The summed E-state index contributed by atoms with van der Waals surface area (Å²) in [4.78, 5) is 11.5. The molecular formula is C17H18N4S. The predicted octanol–water partition coefficient (Wildman–Crippen LogP) is 4.13. The molecule has 0 bridgehead atoms. The molecule has 1 aliphatic heterocycles. The maximum Gasteiger partial charge on any atom is 0.151 e. The lowest BCUT2D eigenvalue weighted by Gasteiger charge is -2.21. The molecule has 3 heterocycles. The van der Waals surface area contributed by atoms with Crippen LogP contribution in [-0.2, 0) is 0 Å². The van der Waals surface area contributed by atoms with Crippen LogP contribution in [-0.4, -0.2) is 27.4 Å². The van der Waals surface area contributed by atoms with Crippen molar-refractivity contribution in [2.75, 3.05) is 18.0 Å². The van der Waals surface area contributed by atoms with Crippen LogP contribution in [0, 0.1) is 0 Å². The van der Waals surface area contributed by atoms with E-state index in [4.69, 9.17) is 0 Å². The largest absolute Gasteiger partial charge is 0.355 e. The topological polar surface area (TPSA) is 41.9 Å². The van der Waals surface area contributed by atoms with Crippen molar-refractivity contribution in [2.24, 2.45) is 0 Å². The van der Waals surface area contributed by atoms with Gasteiger partial charge in [0.05, 0.1) is 0 Å². The first-order valence-electron chi connectivity index (χ1n) is 7.84. The molecule has 1 aromatic carbocycles. The molecule has 2 aromatic heterocycles. The van der Waals surface area contributed by atoms with Crippen molar-refractivity contribution in [3.63, 3.8) is 0 Å². The first-order valence-corrected chi connectivity index (χ1v) is 8.61. The van der Waals surface area contributed by atoms with E-state index in [0.29, 0.717) is 0 Å². The second-order valence-corrected chi connectivity index (χ2v) is 6.45. The predicted molar refractivity (Wildman–Crippen MR) is 91.3 cm³/mol. The number of fused-ring (bicyclic) bond motifs is 1. The fourth-order valence-corrected chi connectivity index (χ4v) is 3.92. The highest BCUT2D eigenvalue weighted by atomic mass is 32.1. The van der Waals surface area contributed by atoms with Crippen molar-refractivity contribution < 1.29 is 0 Å². The van der Waals surface area contributed by atoms with Gasteiger partial charge in [-0.15, -0.1) is 0 Å². The lowest BCUT2D eigenvalue weighted by Crippen LogP contribution is -2.24. The zero-order valence-corrected chi connectivity index (χ0v) is 13.2. The molecule has 22 heavy (non-hydrogen) atoms. The van der Waals surface area contributed by atoms with Crippen molar-refractivity contribution in [1.29, 1.82) is 0 Å². The Morgan fingerprint density at radius 2 is 1.68 bits per heavy atom. The van der Waals surface area contributed by atoms with Gasteiger partial charge in [0.1, 0.15) is 22.2 Å². The molecule has 0 unspecified atom stereocenters. The number of hydrogen-bond donors (Lipinski definition) is 0.